The van der Waals surface area contributed by atoms with E-state index >= 15 is 0 Å². The Morgan fingerprint density at radius 3 is 2.32 bits per heavy atom. The Balaban J connectivity index is 1.42. The fourth-order valence-corrected chi connectivity index (χ4v) is 6.59. The summed E-state index contributed by atoms with van der Waals surface area (Å²) < 4.78 is 92.7. The van der Waals surface area contributed by atoms with Crippen molar-refractivity contribution in [3.63, 3.8) is 0 Å². The predicted molar refractivity (Wildman–Crippen MR) is 119 cm³/mol. The van der Waals surface area contributed by atoms with Gasteiger partial charge in [-0.2, -0.15) is 26.3 Å². The van der Waals surface area contributed by atoms with Crippen LogP contribution in [0.25, 0.3) is 0 Å². The quantitative estimate of drug-likeness (QED) is 0.170. The topological polar surface area (TPSA) is 78.9 Å². The van der Waals surface area contributed by atoms with E-state index in [0.29, 0.717) is 18.8 Å². The molecule has 8 unspecified atom stereocenters. The highest BCUT2D eigenvalue weighted by molar-refractivity contribution is 5.86. The van der Waals surface area contributed by atoms with E-state index in [1.165, 1.54) is 0 Å². The van der Waals surface area contributed by atoms with Gasteiger partial charge in [0, 0.05) is 11.8 Å². The average molecular weight is 555 g/mol. The molecule has 38 heavy (non-hydrogen) atoms. The number of carbonyl (C=O) groups is 3. The molecule has 0 radical (unpaired) electrons. The molecule has 214 valence electrons. The molecule has 3 aliphatic carbocycles. The first-order valence-corrected chi connectivity index (χ1v) is 13.1. The minimum atomic E-state index is -5.88. The van der Waals surface area contributed by atoms with E-state index < -0.39 is 78.2 Å². The van der Waals surface area contributed by atoms with Crippen LogP contribution in [0.1, 0.15) is 58.8 Å². The number of ether oxygens (including phenoxy) is 3. The lowest BCUT2D eigenvalue weighted by Crippen LogP contribution is -2.49. The number of esters is 3. The smallest absolute Gasteiger partial charge is 0.434 e. The molecular weight excluding hydrogens is 522 g/mol. The molecule has 0 aromatic carbocycles. The maximum Gasteiger partial charge on any atom is 0.434 e. The van der Waals surface area contributed by atoms with E-state index in [0.717, 1.165) is 25.7 Å². The summed E-state index contributed by atoms with van der Waals surface area (Å²) in [6.07, 6.45) is -9.00. The molecule has 0 aromatic rings. The second-order valence-electron chi connectivity index (χ2n) is 11.4. The Hall–Kier alpha value is -2.27. The molecule has 0 amide bonds. The van der Waals surface area contributed by atoms with Gasteiger partial charge in [0.05, 0.1) is 17.8 Å². The second kappa shape index (κ2) is 10.7. The zero-order valence-corrected chi connectivity index (χ0v) is 21.1. The van der Waals surface area contributed by atoms with Crippen molar-refractivity contribution in [1.29, 1.82) is 0 Å². The zero-order valence-electron chi connectivity index (χ0n) is 21.1. The van der Waals surface area contributed by atoms with Crippen molar-refractivity contribution in [3.8, 4) is 0 Å². The van der Waals surface area contributed by atoms with Crippen molar-refractivity contribution in [2.75, 3.05) is 0 Å². The molecule has 3 saturated carbocycles. The van der Waals surface area contributed by atoms with E-state index in [4.69, 9.17) is 9.47 Å². The van der Waals surface area contributed by atoms with Gasteiger partial charge in [0.2, 0.25) is 0 Å². The van der Waals surface area contributed by atoms with Crippen LogP contribution in [0.5, 0.6) is 0 Å². The third-order valence-electron chi connectivity index (χ3n) is 8.26. The van der Waals surface area contributed by atoms with E-state index in [1.54, 1.807) is 0 Å². The van der Waals surface area contributed by atoms with Crippen LogP contribution in [0.4, 0.5) is 26.3 Å². The second-order valence-corrected chi connectivity index (χ2v) is 11.4. The summed E-state index contributed by atoms with van der Waals surface area (Å²) in [5.74, 6) is -7.26. The fraction of sp³-hybridized carbons (Fsp3) is 0.808. The lowest BCUT2D eigenvalue weighted by Gasteiger charge is -2.33. The first kappa shape index (κ1) is 28.7. The van der Waals surface area contributed by atoms with Crippen LogP contribution in [0.2, 0.25) is 0 Å². The van der Waals surface area contributed by atoms with Crippen LogP contribution in [0, 0.1) is 41.4 Å². The first-order chi connectivity index (χ1) is 17.7. The largest absolute Gasteiger partial charge is 0.458 e. The van der Waals surface area contributed by atoms with Crippen LogP contribution < -0.4 is 0 Å². The number of halogens is 6. The molecule has 4 aliphatic rings. The van der Waals surface area contributed by atoms with Crippen molar-refractivity contribution in [1.82, 2.24) is 0 Å². The predicted octanol–water partition coefficient (Wildman–Crippen LogP) is 5.54. The summed E-state index contributed by atoms with van der Waals surface area (Å²) in [5, 5.41) is 0. The molecule has 0 spiro atoms. The molecule has 1 heterocycles. The van der Waals surface area contributed by atoms with Gasteiger partial charge in [-0.15, -0.1) is 0 Å². The molecule has 1 saturated heterocycles. The van der Waals surface area contributed by atoms with Gasteiger partial charge in [-0.25, -0.2) is 0 Å². The monoisotopic (exact) mass is 554 g/mol. The Labute approximate surface area is 216 Å². The summed E-state index contributed by atoms with van der Waals surface area (Å²) in [6, 6.07) is 0. The van der Waals surface area contributed by atoms with Gasteiger partial charge in [0.25, 0.3) is 6.10 Å². The number of carbonyl (C=O) groups excluding carboxylic acids is 3. The van der Waals surface area contributed by atoms with Crippen molar-refractivity contribution in [2.45, 2.75) is 89.5 Å². The fourth-order valence-electron chi connectivity index (χ4n) is 6.59. The molecule has 6 nitrogen and oxygen atoms in total. The van der Waals surface area contributed by atoms with Gasteiger partial charge in [-0.1, -0.05) is 38.8 Å². The molecular formula is C26H32F6O6. The summed E-state index contributed by atoms with van der Waals surface area (Å²) >= 11 is 0. The van der Waals surface area contributed by atoms with Gasteiger partial charge in [-0.05, 0) is 43.9 Å². The number of alkyl halides is 6. The number of hydrogen-bond donors (Lipinski definition) is 0. The van der Waals surface area contributed by atoms with Gasteiger partial charge in [-0.3, -0.25) is 14.4 Å². The number of hydrogen-bond acceptors (Lipinski definition) is 6. The highest BCUT2D eigenvalue weighted by Gasteiger charge is 2.71. The third-order valence-corrected chi connectivity index (χ3v) is 8.26. The summed E-state index contributed by atoms with van der Waals surface area (Å²) in [6.45, 7) is 4.23. The van der Waals surface area contributed by atoms with Crippen LogP contribution >= 0.6 is 0 Å². The molecule has 4 fully saturated rings. The Morgan fingerprint density at radius 2 is 1.68 bits per heavy atom. The van der Waals surface area contributed by atoms with E-state index in [-0.39, 0.29) is 12.3 Å². The third kappa shape index (κ3) is 5.83. The molecule has 8 atom stereocenters. The van der Waals surface area contributed by atoms with E-state index in [1.807, 2.05) is 0 Å². The minimum Gasteiger partial charge on any atom is -0.458 e. The Kier molecular flexibility index (Phi) is 8.10. The van der Waals surface area contributed by atoms with Crippen LogP contribution in [0.15, 0.2) is 12.2 Å². The normalized spacial score (nSPS) is 34.8. The maximum absolute atomic E-state index is 13.1. The SMILES string of the molecule is CC(C)C/C=C\CC1CCCC(C(=O)OC2C3CC4C2OC(=O)C4C3C(=O)OC(C(F)(F)F)C(F)(F)F)C1. The molecule has 12 heteroatoms. The summed E-state index contributed by atoms with van der Waals surface area (Å²) in [7, 11) is 0. The van der Waals surface area contributed by atoms with Crippen LogP contribution in [-0.4, -0.2) is 48.6 Å². The molecule has 1 aliphatic heterocycles. The molecule has 4 rings (SSSR count). The molecule has 0 N–H and O–H groups in total. The van der Waals surface area contributed by atoms with E-state index in [2.05, 4.69) is 30.7 Å². The Morgan fingerprint density at radius 1 is 1.00 bits per heavy atom. The summed E-state index contributed by atoms with van der Waals surface area (Å²) in [5.41, 5.74) is 0. The van der Waals surface area contributed by atoms with Gasteiger partial charge < -0.3 is 14.2 Å². The lowest BCUT2D eigenvalue weighted by molar-refractivity contribution is -0.315. The number of allylic oxidation sites excluding steroid dienone is 2. The van der Waals surface area contributed by atoms with Crippen LogP contribution in [0.3, 0.4) is 0 Å². The molecule has 0 aromatic heterocycles. The molecule has 2 bridgehead atoms. The Bertz CT molecular complexity index is 929. The first-order valence-electron chi connectivity index (χ1n) is 13.1. The average Bonchev–Trinajstić information content (AvgIpc) is 3.42. The zero-order chi connectivity index (χ0) is 28.0. The van der Waals surface area contributed by atoms with Gasteiger partial charge >= 0.3 is 30.3 Å². The van der Waals surface area contributed by atoms with Crippen molar-refractivity contribution < 1.29 is 54.9 Å². The van der Waals surface area contributed by atoms with Crippen molar-refractivity contribution >= 4 is 17.9 Å². The highest BCUT2D eigenvalue weighted by atomic mass is 19.4. The van der Waals surface area contributed by atoms with Crippen LogP contribution in [-0.2, 0) is 28.6 Å². The van der Waals surface area contributed by atoms with Gasteiger partial charge in [0.15, 0.2) is 0 Å². The van der Waals surface area contributed by atoms with Gasteiger partial charge in [0.1, 0.15) is 12.2 Å². The minimum absolute atomic E-state index is 0.107. The highest BCUT2D eigenvalue weighted by Crippen LogP contribution is 2.59. The number of fused-ring (bicyclic) bond motifs is 1. The van der Waals surface area contributed by atoms with Crippen molar-refractivity contribution in [2.24, 2.45) is 41.4 Å². The van der Waals surface area contributed by atoms with E-state index in [9.17, 15) is 40.7 Å². The van der Waals surface area contributed by atoms with Crippen molar-refractivity contribution in [3.05, 3.63) is 12.2 Å². The maximum atomic E-state index is 13.1. The summed E-state index contributed by atoms with van der Waals surface area (Å²) in [4.78, 5) is 38.1. The standard InChI is InChI=1S/C26H32F6O6/c1-12(2)6-3-4-7-13-8-5-9-14(10-13)21(33)36-19-16-11-15-17(22(34)37-20(15)19)18(16)23(35)38-24(25(27,28)29)26(30,31)32/h3-4,12-20,24H,5-11H2,1-2H3/b4-3-. The number of rotatable bonds is 8. The lowest BCUT2D eigenvalue weighted by atomic mass is 9.78.